The summed E-state index contributed by atoms with van der Waals surface area (Å²) < 4.78 is 0. The van der Waals surface area contributed by atoms with E-state index >= 15 is 0 Å². The van der Waals surface area contributed by atoms with Gasteiger partial charge in [-0.25, -0.2) is 0 Å². The third kappa shape index (κ3) is 1.58. The molecule has 0 aromatic carbocycles. The van der Waals surface area contributed by atoms with Crippen LogP contribution in [0.4, 0.5) is 0 Å². The summed E-state index contributed by atoms with van der Waals surface area (Å²) >= 11 is 1.76. The zero-order chi connectivity index (χ0) is 5.82. The van der Waals surface area contributed by atoms with Crippen molar-refractivity contribution < 1.29 is 0 Å². The lowest BCUT2D eigenvalue weighted by Crippen LogP contribution is -1.55. The minimum atomic E-state index is 1.34. The third-order valence-corrected chi connectivity index (χ3v) is 1.69. The van der Waals surface area contributed by atoms with Crippen molar-refractivity contribution in [2.45, 2.75) is 6.92 Å². The van der Waals surface area contributed by atoms with Gasteiger partial charge in [0.15, 0.2) is 0 Å². The number of hydrogen-bond acceptors (Lipinski definition) is 1. The molecule has 0 fully saturated rings. The zero-order valence-corrected chi connectivity index (χ0v) is 5.61. The van der Waals surface area contributed by atoms with E-state index in [-0.39, 0.29) is 0 Å². The second-order valence-electron chi connectivity index (χ2n) is 1.61. The molecule has 0 aromatic heterocycles. The van der Waals surface area contributed by atoms with E-state index in [1.807, 2.05) is 18.2 Å². The molecule has 0 bridgehead atoms. The highest BCUT2D eigenvalue weighted by Gasteiger charge is 1.83. The fourth-order valence-corrected chi connectivity index (χ4v) is 1.03. The normalized spacial score (nSPS) is 17.9. The number of thioether (sulfide) groups is 1. The van der Waals surface area contributed by atoms with Gasteiger partial charge in [-0.3, -0.25) is 0 Å². The monoisotopic (exact) mass is 124 g/mol. The molecule has 0 N–H and O–H groups in total. The Hall–Kier alpha value is -0.430. The van der Waals surface area contributed by atoms with Gasteiger partial charge in [-0.2, -0.15) is 0 Å². The summed E-state index contributed by atoms with van der Waals surface area (Å²) in [6.45, 7) is 2.10. The minimum Gasteiger partial charge on any atom is -0.103 e. The highest BCUT2D eigenvalue weighted by atomic mass is 32.2. The average molecular weight is 124 g/mol. The summed E-state index contributed by atoms with van der Waals surface area (Å²) in [5.41, 5.74) is 0. The first-order valence-corrected chi connectivity index (χ1v) is 3.44. The van der Waals surface area contributed by atoms with Crippen LogP contribution in [0.25, 0.3) is 0 Å². The average Bonchev–Trinajstić information content (AvgIpc) is 1.94. The molecular weight excluding hydrogens is 116 g/mol. The maximum atomic E-state index is 2.10. The van der Waals surface area contributed by atoms with Gasteiger partial charge in [0, 0.05) is 0 Å². The van der Waals surface area contributed by atoms with E-state index in [1.165, 1.54) is 4.91 Å². The summed E-state index contributed by atoms with van der Waals surface area (Å²) in [5, 5.41) is 2.08. The molecule has 0 unspecified atom stereocenters. The highest BCUT2D eigenvalue weighted by molar-refractivity contribution is 8.05. The van der Waals surface area contributed by atoms with Gasteiger partial charge in [0.1, 0.15) is 0 Å². The lowest BCUT2D eigenvalue weighted by Gasteiger charge is -1.86. The number of hydrogen-bond donors (Lipinski definition) is 0. The van der Waals surface area contributed by atoms with Gasteiger partial charge < -0.3 is 0 Å². The van der Waals surface area contributed by atoms with E-state index in [4.69, 9.17) is 0 Å². The summed E-state index contributed by atoms with van der Waals surface area (Å²) in [7, 11) is 0. The molecule has 0 atom stereocenters. The van der Waals surface area contributed by atoms with Gasteiger partial charge in [-0.1, -0.05) is 24.3 Å². The van der Waals surface area contributed by atoms with E-state index in [1.54, 1.807) is 11.8 Å². The first-order chi connectivity index (χ1) is 3.89. The molecule has 0 radical (unpaired) electrons. The number of rotatable bonds is 0. The van der Waals surface area contributed by atoms with Crippen molar-refractivity contribution in [3.63, 3.8) is 0 Å². The van der Waals surface area contributed by atoms with Crippen molar-refractivity contribution in [1.82, 2.24) is 0 Å². The second-order valence-corrected chi connectivity index (χ2v) is 2.76. The van der Waals surface area contributed by atoms with Crippen molar-refractivity contribution >= 4 is 11.8 Å². The van der Waals surface area contributed by atoms with Crippen molar-refractivity contribution in [1.29, 1.82) is 0 Å². The van der Waals surface area contributed by atoms with Gasteiger partial charge in [0.2, 0.25) is 0 Å². The van der Waals surface area contributed by atoms with Crippen LogP contribution in [-0.4, -0.2) is 0 Å². The maximum Gasteiger partial charge on any atom is -0.0139 e. The molecule has 1 aliphatic rings. The van der Waals surface area contributed by atoms with Crippen LogP contribution in [-0.2, 0) is 0 Å². The van der Waals surface area contributed by atoms with Crippen LogP contribution < -0.4 is 0 Å². The maximum absolute atomic E-state index is 2.10. The standard InChI is InChI=1S/C7H8S/c1-7-5-3-2-4-6-8-7/h2-6H,1H3. The van der Waals surface area contributed by atoms with Gasteiger partial charge in [-0.05, 0) is 17.2 Å². The van der Waals surface area contributed by atoms with Crippen LogP contribution in [0.5, 0.6) is 0 Å². The molecule has 0 saturated heterocycles. The topological polar surface area (TPSA) is 0 Å². The van der Waals surface area contributed by atoms with Gasteiger partial charge >= 0.3 is 0 Å². The summed E-state index contributed by atoms with van der Waals surface area (Å²) in [6, 6.07) is 0. The van der Waals surface area contributed by atoms with Gasteiger partial charge in [-0.15, -0.1) is 11.8 Å². The first kappa shape index (κ1) is 5.70. The largest absolute Gasteiger partial charge is 0.103 e. The molecule has 1 aliphatic heterocycles. The van der Waals surface area contributed by atoms with E-state index in [0.29, 0.717) is 0 Å². The summed E-state index contributed by atoms with van der Waals surface area (Å²) in [6.07, 6.45) is 8.22. The highest BCUT2D eigenvalue weighted by Crippen LogP contribution is 2.17. The molecule has 0 saturated carbocycles. The Balaban J connectivity index is 2.69. The van der Waals surface area contributed by atoms with Crippen LogP contribution >= 0.6 is 11.8 Å². The van der Waals surface area contributed by atoms with Crippen molar-refractivity contribution in [3.05, 3.63) is 34.6 Å². The molecule has 1 heterocycles. The Bertz CT molecular complexity index is 152. The summed E-state index contributed by atoms with van der Waals surface area (Å²) in [4.78, 5) is 1.34. The first-order valence-electron chi connectivity index (χ1n) is 2.56. The zero-order valence-electron chi connectivity index (χ0n) is 4.79. The van der Waals surface area contributed by atoms with E-state index < -0.39 is 0 Å². The smallest absolute Gasteiger partial charge is 0.0139 e. The van der Waals surface area contributed by atoms with Gasteiger partial charge in [0.05, 0.1) is 0 Å². The Morgan fingerprint density at radius 3 is 3.00 bits per heavy atom. The van der Waals surface area contributed by atoms with Crippen molar-refractivity contribution in [2.75, 3.05) is 0 Å². The number of allylic oxidation sites excluding steroid dienone is 5. The van der Waals surface area contributed by atoms with Crippen molar-refractivity contribution in [2.24, 2.45) is 0 Å². The fraction of sp³-hybridized carbons (Fsp3) is 0.143. The molecule has 1 heteroatoms. The molecule has 0 aliphatic carbocycles. The molecule has 8 heavy (non-hydrogen) atoms. The van der Waals surface area contributed by atoms with Crippen LogP contribution in [0.3, 0.4) is 0 Å². The van der Waals surface area contributed by atoms with Crippen LogP contribution in [0.1, 0.15) is 6.92 Å². The van der Waals surface area contributed by atoms with Crippen LogP contribution in [0, 0.1) is 0 Å². The van der Waals surface area contributed by atoms with Crippen LogP contribution in [0.2, 0.25) is 0 Å². The van der Waals surface area contributed by atoms with E-state index in [0.717, 1.165) is 0 Å². The van der Waals surface area contributed by atoms with Crippen molar-refractivity contribution in [3.8, 4) is 0 Å². The predicted octanol–water partition coefficient (Wildman–Crippen LogP) is 2.71. The Morgan fingerprint density at radius 2 is 2.12 bits per heavy atom. The third-order valence-electron chi connectivity index (χ3n) is 0.886. The molecule has 0 aromatic rings. The van der Waals surface area contributed by atoms with Gasteiger partial charge in [0.25, 0.3) is 0 Å². The second kappa shape index (κ2) is 2.78. The lowest BCUT2D eigenvalue weighted by molar-refractivity contribution is 1.68. The Labute approximate surface area is 54.0 Å². The summed E-state index contributed by atoms with van der Waals surface area (Å²) in [5.74, 6) is 0. The molecule has 42 valence electrons. The minimum absolute atomic E-state index is 1.34. The quantitative estimate of drug-likeness (QED) is 0.478. The SMILES string of the molecule is CC1=CC=CC=CS1. The van der Waals surface area contributed by atoms with Crippen LogP contribution in [0.15, 0.2) is 34.6 Å². The molecule has 0 spiro atoms. The molecule has 1 rings (SSSR count). The van der Waals surface area contributed by atoms with E-state index in [9.17, 15) is 0 Å². The Morgan fingerprint density at radius 1 is 1.25 bits per heavy atom. The lowest BCUT2D eigenvalue weighted by atomic mass is 10.4. The molecular formula is C7H8S. The van der Waals surface area contributed by atoms with E-state index in [2.05, 4.69) is 18.4 Å². The molecule has 0 amide bonds. The molecule has 0 nitrogen and oxygen atoms in total. The Kier molecular flexibility index (Phi) is 1.98. The predicted molar refractivity (Wildman–Crippen MR) is 39.6 cm³/mol. The fourth-order valence-electron chi connectivity index (χ4n) is 0.486.